The Bertz CT molecular complexity index is 625. The van der Waals surface area contributed by atoms with Crippen molar-refractivity contribution in [3.05, 3.63) is 29.3 Å². The molecule has 18 heavy (non-hydrogen) atoms. The van der Waals surface area contributed by atoms with Gasteiger partial charge in [-0.1, -0.05) is 0 Å². The van der Waals surface area contributed by atoms with Crippen LogP contribution in [-0.2, 0) is 9.59 Å². The number of anilines is 1. The zero-order chi connectivity index (χ0) is 13.3. The van der Waals surface area contributed by atoms with Crippen LogP contribution < -0.4 is 10.1 Å². The maximum Gasteiger partial charge on any atom is 0.347 e. The summed E-state index contributed by atoms with van der Waals surface area (Å²) in [6.45, 7) is 0. The molecule has 0 radical (unpaired) electrons. The van der Waals surface area contributed by atoms with Crippen molar-refractivity contribution in [1.82, 2.24) is 0 Å². The summed E-state index contributed by atoms with van der Waals surface area (Å²) in [5.41, 5.74) is 0.127. The highest BCUT2D eigenvalue weighted by molar-refractivity contribution is 6.35. The number of carbonyl (C=O) groups is 2. The van der Waals surface area contributed by atoms with Gasteiger partial charge in [0.25, 0.3) is 5.91 Å². The van der Waals surface area contributed by atoms with Gasteiger partial charge in [0, 0.05) is 11.6 Å². The summed E-state index contributed by atoms with van der Waals surface area (Å²) in [6.07, 6.45) is 0. The molecule has 0 saturated heterocycles. The first-order valence-corrected chi connectivity index (χ1v) is 4.96. The summed E-state index contributed by atoms with van der Waals surface area (Å²) >= 11 is 0. The number of methoxy groups -OCH3 is 1. The molecule has 0 aliphatic carbocycles. The van der Waals surface area contributed by atoms with Gasteiger partial charge in [0.1, 0.15) is 11.8 Å². The number of nitrogens with one attached hydrogen (secondary N) is 1. The van der Waals surface area contributed by atoms with E-state index in [-0.39, 0.29) is 5.57 Å². The van der Waals surface area contributed by atoms with E-state index in [9.17, 15) is 9.59 Å². The maximum absolute atomic E-state index is 11.7. The molecule has 0 atom stereocenters. The van der Waals surface area contributed by atoms with E-state index in [0.717, 1.165) is 0 Å². The Kier molecular flexibility index (Phi) is 2.73. The first-order chi connectivity index (χ1) is 8.58. The number of carboxylic acid groups (broad SMARTS) is 1. The van der Waals surface area contributed by atoms with Gasteiger partial charge in [-0.15, -0.1) is 0 Å². The Morgan fingerprint density at radius 2 is 2.22 bits per heavy atom. The first-order valence-electron chi connectivity index (χ1n) is 4.96. The summed E-state index contributed by atoms with van der Waals surface area (Å²) in [5.74, 6) is -1.49. The Morgan fingerprint density at radius 3 is 2.78 bits per heavy atom. The molecule has 1 aliphatic heterocycles. The van der Waals surface area contributed by atoms with Crippen LogP contribution in [0.15, 0.2) is 23.8 Å². The van der Waals surface area contributed by atoms with E-state index in [1.165, 1.54) is 13.2 Å². The molecular weight excluding hydrogens is 236 g/mol. The van der Waals surface area contributed by atoms with Crippen molar-refractivity contribution in [2.24, 2.45) is 0 Å². The van der Waals surface area contributed by atoms with Gasteiger partial charge in [-0.05, 0) is 12.1 Å². The molecule has 0 unspecified atom stereocenters. The molecule has 1 aromatic rings. The van der Waals surface area contributed by atoms with Crippen molar-refractivity contribution >= 4 is 23.1 Å². The van der Waals surface area contributed by atoms with Crippen LogP contribution in [-0.4, -0.2) is 24.1 Å². The predicted octanol–water partition coefficient (Wildman–Crippen LogP) is 1.01. The van der Waals surface area contributed by atoms with Crippen LogP contribution >= 0.6 is 0 Å². The third-order valence-corrected chi connectivity index (χ3v) is 2.55. The standard InChI is InChI=1S/C12H8N2O4/c1-18-6-2-3-7-9(4-6)14-11(15)10(7)8(5-13)12(16)17/h2-4H,1H3,(H,14,15)(H,16,17)/b10-8-. The second-order valence-electron chi connectivity index (χ2n) is 3.53. The number of aliphatic carboxylic acids is 1. The predicted molar refractivity (Wildman–Crippen MR) is 61.8 cm³/mol. The highest BCUT2D eigenvalue weighted by Crippen LogP contribution is 2.36. The zero-order valence-corrected chi connectivity index (χ0v) is 9.35. The van der Waals surface area contributed by atoms with E-state index in [4.69, 9.17) is 15.1 Å². The summed E-state index contributed by atoms with van der Waals surface area (Å²) in [7, 11) is 1.48. The molecule has 0 fully saturated rings. The van der Waals surface area contributed by atoms with Crippen molar-refractivity contribution in [3.8, 4) is 11.8 Å². The number of ether oxygens (including phenoxy) is 1. The second kappa shape index (κ2) is 4.22. The number of hydrogen-bond donors (Lipinski definition) is 2. The maximum atomic E-state index is 11.7. The highest BCUT2D eigenvalue weighted by atomic mass is 16.5. The summed E-state index contributed by atoms with van der Waals surface area (Å²) < 4.78 is 5.00. The summed E-state index contributed by atoms with van der Waals surface area (Å²) in [4.78, 5) is 22.6. The van der Waals surface area contributed by atoms with Gasteiger partial charge in [-0.2, -0.15) is 5.26 Å². The van der Waals surface area contributed by atoms with Crippen LogP contribution in [0, 0.1) is 11.3 Å². The van der Waals surface area contributed by atoms with Crippen LogP contribution in [0.25, 0.3) is 5.57 Å². The lowest BCUT2D eigenvalue weighted by molar-refractivity contribution is -0.132. The molecule has 1 aromatic carbocycles. The minimum absolute atomic E-state index is 0.123. The van der Waals surface area contributed by atoms with E-state index < -0.39 is 17.4 Å². The van der Waals surface area contributed by atoms with Gasteiger partial charge < -0.3 is 15.2 Å². The monoisotopic (exact) mass is 244 g/mol. The summed E-state index contributed by atoms with van der Waals surface area (Å²) in [6, 6.07) is 6.23. The largest absolute Gasteiger partial charge is 0.497 e. The normalized spacial score (nSPS) is 15.4. The van der Waals surface area contributed by atoms with Crippen molar-refractivity contribution in [1.29, 1.82) is 5.26 Å². The fraction of sp³-hybridized carbons (Fsp3) is 0.0833. The molecule has 90 valence electrons. The van der Waals surface area contributed by atoms with E-state index in [1.54, 1.807) is 18.2 Å². The minimum atomic E-state index is -1.42. The van der Waals surface area contributed by atoms with Gasteiger partial charge >= 0.3 is 5.97 Å². The highest BCUT2D eigenvalue weighted by Gasteiger charge is 2.30. The van der Waals surface area contributed by atoms with Gasteiger partial charge in [0.15, 0.2) is 5.57 Å². The lowest BCUT2D eigenvalue weighted by Gasteiger charge is -2.02. The molecule has 6 nitrogen and oxygen atoms in total. The number of hydrogen-bond acceptors (Lipinski definition) is 4. The van der Waals surface area contributed by atoms with Gasteiger partial charge in [-0.3, -0.25) is 4.79 Å². The molecule has 0 aromatic heterocycles. The average Bonchev–Trinajstić information content (AvgIpc) is 2.66. The molecular formula is C12H8N2O4. The summed E-state index contributed by atoms with van der Waals surface area (Å²) in [5, 5.41) is 20.2. The SMILES string of the molecule is COc1ccc2c(c1)NC(=O)/C2=C(/C#N)C(=O)O. The molecule has 6 heteroatoms. The average molecular weight is 244 g/mol. The Hall–Kier alpha value is -2.81. The number of nitrogens with zero attached hydrogens (tertiary/aromatic N) is 1. The number of carbonyl (C=O) groups excluding carboxylic acids is 1. The van der Waals surface area contributed by atoms with Crippen LogP contribution in [0.2, 0.25) is 0 Å². The Morgan fingerprint density at radius 1 is 1.50 bits per heavy atom. The fourth-order valence-corrected chi connectivity index (χ4v) is 1.74. The Labute approximate surface area is 102 Å². The topological polar surface area (TPSA) is 99.4 Å². The third kappa shape index (κ3) is 1.68. The lowest BCUT2D eigenvalue weighted by atomic mass is 10.0. The van der Waals surface area contributed by atoms with Gasteiger partial charge in [-0.25, -0.2) is 4.79 Å². The first kappa shape index (κ1) is 11.7. The third-order valence-electron chi connectivity index (χ3n) is 2.55. The van der Waals surface area contributed by atoms with Gasteiger partial charge in [0.2, 0.25) is 0 Å². The van der Waals surface area contributed by atoms with E-state index >= 15 is 0 Å². The minimum Gasteiger partial charge on any atom is -0.497 e. The number of carboxylic acids is 1. The number of rotatable bonds is 2. The smallest absolute Gasteiger partial charge is 0.347 e. The van der Waals surface area contributed by atoms with Crippen LogP contribution in [0.3, 0.4) is 0 Å². The molecule has 1 aliphatic rings. The molecule has 1 heterocycles. The van der Waals surface area contributed by atoms with Crippen LogP contribution in [0.4, 0.5) is 5.69 Å². The van der Waals surface area contributed by atoms with Crippen LogP contribution in [0.1, 0.15) is 5.56 Å². The van der Waals surface area contributed by atoms with Crippen molar-refractivity contribution in [2.45, 2.75) is 0 Å². The quantitative estimate of drug-likeness (QED) is 0.597. The van der Waals surface area contributed by atoms with E-state index in [2.05, 4.69) is 5.32 Å². The number of benzene rings is 1. The number of fused-ring (bicyclic) bond motifs is 1. The van der Waals surface area contributed by atoms with Crippen LogP contribution in [0.5, 0.6) is 5.75 Å². The van der Waals surface area contributed by atoms with Crippen molar-refractivity contribution in [3.63, 3.8) is 0 Å². The molecule has 2 N–H and O–H groups in total. The molecule has 0 spiro atoms. The van der Waals surface area contributed by atoms with E-state index in [0.29, 0.717) is 17.0 Å². The lowest BCUT2D eigenvalue weighted by Crippen LogP contribution is -2.09. The number of nitriles is 1. The zero-order valence-electron chi connectivity index (χ0n) is 9.35. The Balaban J connectivity index is 2.66. The van der Waals surface area contributed by atoms with Crippen molar-refractivity contribution < 1.29 is 19.4 Å². The fourth-order valence-electron chi connectivity index (χ4n) is 1.74. The second-order valence-corrected chi connectivity index (χ2v) is 3.53. The molecule has 1 amide bonds. The van der Waals surface area contributed by atoms with E-state index in [1.807, 2.05) is 0 Å². The van der Waals surface area contributed by atoms with Crippen molar-refractivity contribution in [2.75, 3.05) is 12.4 Å². The number of amides is 1. The molecule has 0 saturated carbocycles. The molecule has 2 rings (SSSR count). The van der Waals surface area contributed by atoms with Gasteiger partial charge in [0.05, 0.1) is 18.4 Å². The molecule has 0 bridgehead atoms.